The molecule has 4 atom stereocenters. The first-order valence-electron chi connectivity index (χ1n) is 18.4. The summed E-state index contributed by atoms with van der Waals surface area (Å²) in [6.45, 7) is 14.0. The number of imidazole rings is 1. The van der Waals surface area contributed by atoms with Crippen LogP contribution in [0.25, 0.3) is 11.0 Å². The van der Waals surface area contributed by atoms with Crippen LogP contribution < -0.4 is 24.2 Å². The Hall–Kier alpha value is -5.36. The first-order chi connectivity index (χ1) is 25.8. The summed E-state index contributed by atoms with van der Waals surface area (Å²) in [5, 5.41) is 0. The van der Waals surface area contributed by atoms with Gasteiger partial charge in [0.25, 0.3) is 0 Å². The molecule has 0 amide bonds. The number of benzene rings is 6. The molecule has 6 aliphatic rings. The number of hydrogen-bond donors (Lipinski definition) is 0. The van der Waals surface area contributed by atoms with Gasteiger partial charge in [0.1, 0.15) is 5.66 Å². The quantitative estimate of drug-likeness (QED) is 0.113. The van der Waals surface area contributed by atoms with E-state index in [1.54, 1.807) is 0 Å². The third-order valence-corrected chi connectivity index (χ3v) is 13.1. The first-order valence-corrected chi connectivity index (χ1v) is 18.4. The number of hydrogen-bond acceptors (Lipinski definition) is 4. The Bertz CT molecular complexity index is 2720. The summed E-state index contributed by atoms with van der Waals surface area (Å²) < 4.78 is 4.69. The second-order valence-corrected chi connectivity index (χ2v) is 15.6. The zero-order valence-corrected chi connectivity index (χ0v) is 32.7. The summed E-state index contributed by atoms with van der Waals surface area (Å²) in [4.78, 5) is 9.83. The molecule has 4 unspecified atom stereocenters. The van der Waals surface area contributed by atoms with Gasteiger partial charge in [0.15, 0.2) is 0 Å². The van der Waals surface area contributed by atoms with Crippen molar-refractivity contribution in [2.75, 3.05) is 19.6 Å². The van der Waals surface area contributed by atoms with Gasteiger partial charge in [-0.05, 0) is 52.0 Å². The zero-order valence-electron chi connectivity index (χ0n) is 30.3. The van der Waals surface area contributed by atoms with E-state index in [0.717, 1.165) is 67.2 Å². The standard InChI is InChI=1S/C47H35N6.Ir/c1-44-32-14-11-15-33(26-32)45(2)35-17-13-19-37(28-35)47(4,50-29-48(44)38-20-5-7-22-40(38)50)53-31-52(42-24-9-10-25-43(42)53)46(3,36-18-12-16-34(44)27-36)51-30-49(45)39-21-6-8-23-41(39)51;/h5-25,29,31H,1-4H3;/q-5;. The van der Waals surface area contributed by atoms with Gasteiger partial charge in [-0.15, -0.1) is 34.5 Å². The summed E-state index contributed by atoms with van der Waals surface area (Å²) in [5.41, 5.74) is 9.83. The Morgan fingerprint density at radius 1 is 0.463 bits per heavy atom. The summed E-state index contributed by atoms with van der Waals surface area (Å²) in [7, 11) is 0. The molecule has 0 aliphatic carbocycles. The predicted octanol–water partition coefficient (Wildman–Crippen LogP) is 8.33. The molecule has 0 spiro atoms. The van der Waals surface area contributed by atoms with Crippen LogP contribution in [-0.2, 0) is 42.5 Å². The van der Waals surface area contributed by atoms with Crippen molar-refractivity contribution in [3.05, 3.63) is 199 Å². The number of aromatic nitrogens is 2. The maximum absolute atomic E-state index is 4.10. The molecule has 6 aromatic carbocycles. The summed E-state index contributed by atoms with van der Waals surface area (Å²) in [6, 6.07) is 58.6. The van der Waals surface area contributed by atoms with Gasteiger partial charge in [0.05, 0.1) is 11.2 Å². The molecule has 13 rings (SSSR count). The van der Waals surface area contributed by atoms with Gasteiger partial charge >= 0.3 is 0 Å². The van der Waals surface area contributed by atoms with Gasteiger partial charge in [-0.1, -0.05) is 54.1 Å². The second-order valence-electron chi connectivity index (χ2n) is 15.6. The van der Waals surface area contributed by atoms with Gasteiger partial charge in [-0.25, -0.2) is 0 Å². The van der Waals surface area contributed by atoms with E-state index in [4.69, 9.17) is 0 Å². The van der Waals surface area contributed by atoms with E-state index in [2.05, 4.69) is 222 Å². The minimum Gasteiger partial charge on any atom is -0.493 e. The van der Waals surface area contributed by atoms with Crippen LogP contribution in [0.2, 0.25) is 0 Å². The molecule has 6 nitrogen and oxygen atoms in total. The number of anilines is 4. The minimum atomic E-state index is -0.818. The van der Waals surface area contributed by atoms with Crippen molar-refractivity contribution in [3.63, 3.8) is 0 Å². The van der Waals surface area contributed by atoms with Crippen molar-refractivity contribution in [3.8, 4) is 0 Å². The molecule has 1 radical (unpaired) electrons. The fraction of sp³-hybridized carbons (Fsp3) is 0.170. The van der Waals surface area contributed by atoms with Crippen LogP contribution in [0, 0.1) is 37.9 Å². The van der Waals surface area contributed by atoms with Gasteiger partial charge in [0.2, 0.25) is 6.33 Å². The monoisotopic (exact) mass is 876 g/mol. The number of fused-ring (bicyclic) bond motifs is 3. The van der Waals surface area contributed by atoms with E-state index in [1.807, 2.05) is 0 Å². The smallest absolute Gasteiger partial charge is 0.207 e. The third kappa shape index (κ3) is 3.54. The molecule has 7 heterocycles. The molecule has 6 aliphatic heterocycles. The number of nitrogens with zero attached hydrogens (tertiary/aromatic N) is 6. The van der Waals surface area contributed by atoms with Gasteiger partial charge in [-0.2, -0.15) is 79.5 Å². The Morgan fingerprint density at radius 2 is 0.907 bits per heavy atom. The topological polar surface area (TPSA) is 21.8 Å². The predicted molar refractivity (Wildman–Crippen MR) is 207 cm³/mol. The van der Waals surface area contributed by atoms with Crippen LogP contribution >= 0.6 is 0 Å². The van der Waals surface area contributed by atoms with E-state index in [9.17, 15) is 0 Å². The summed E-state index contributed by atoms with van der Waals surface area (Å²) in [5.74, 6) is 0. The van der Waals surface area contributed by atoms with Crippen LogP contribution in [0.4, 0.5) is 22.7 Å². The average Bonchev–Trinajstić information content (AvgIpc) is 3.93. The van der Waals surface area contributed by atoms with Crippen molar-refractivity contribution in [2.45, 2.75) is 50.1 Å². The zero-order chi connectivity index (χ0) is 35.5. The third-order valence-electron chi connectivity index (χ3n) is 13.1. The van der Waals surface area contributed by atoms with E-state index in [1.165, 1.54) is 0 Å². The van der Waals surface area contributed by atoms with Gasteiger partial charge in [0, 0.05) is 59.4 Å². The molecule has 7 aromatic rings. The van der Waals surface area contributed by atoms with Crippen LogP contribution in [0.1, 0.15) is 61.1 Å². The van der Waals surface area contributed by atoms with E-state index < -0.39 is 22.4 Å². The van der Waals surface area contributed by atoms with Crippen LogP contribution in [0.3, 0.4) is 0 Å². The maximum atomic E-state index is 4.10. The molecule has 0 fully saturated rings. The molecule has 7 heteroatoms. The molecular formula is C47H35IrN6-5. The van der Waals surface area contributed by atoms with Crippen LogP contribution in [0.15, 0.2) is 127 Å². The van der Waals surface area contributed by atoms with Crippen LogP contribution in [0.5, 0.6) is 0 Å². The normalized spacial score (nSPS) is 26.4. The maximum Gasteiger partial charge on any atom is 0.207 e. The molecule has 54 heavy (non-hydrogen) atoms. The fourth-order valence-electron chi connectivity index (χ4n) is 9.96. The first kappa shape index (κ1) is 32.1. The Labute approximate surface area is 329 Å². The largest absolute Gasteiger partial charge is 0.493 e. The Balaban J connectivity index is 0.00000341. The van der Waals surface area contributed by atoms with Crippen molar-refractivity contribution in [2.24, 2.45) is 0 Å². The molecule has 267 valence electrons. The van der Waals surface area contributed by atoms with Crippen molar-refractivity contribution in [1.29, 1.82) is 0 Å². The Morgan fingerprint density at radius 3 is 1.54 bits per heavy atom. The molecule has 0 saturated carbocycles. The summed E-state index contributed by atoms with van der Waals surface area (Å²) in [6.07, 6.45) is 4.03. The molecule has 1 aromatic heterocycles. The molecular weight excluding hydrogens is 841 g/mol. The number of rotatable bonds is 0. The van der Waals surface area contributed by atoms with Crippen LogP contribution in [-0.4, -0.2) is 4.57 Å². The van der Waals surface area contributed by atoms with E-state index in [0.29, 0.717) is 0 Å². The summed E-state index contributed by atoms with van der Waals surface area (Å²) >= 11 is 0. The second kappa shape index (κ2) is 10.4. The minimum absolute atomic E-state index is 0. The van der Waals surface area contributed by atoms with Crippen molar-refractivity contribution >= 4 is 33.8 Å². The average molecular weight is 876 g/mol. The molecule has 0 N–H and O–H groups in total. The van der Waals surface area contributed by atoms with Crippen molar-refractivity contribution in [1.82, 2.24) is 4.57 Å². The number of para-hydroxylation sites is 6. The fourth-order valence-corrected chi connectivity index (χ4v) is 9.96. The Kier molecular flexibility index (Phi) is 6.21. The molecule has 0 saturated heterocycles. The van der Waals surface area contributed by atoms with E-state index >= 15 is 0 Å². The SMILES string of the molecule is CC12c3[c-]c(ccc3)C3(C)c4[c-]c(ccc4)C(C)(N4[CH-]N1c1ccccc14)N1[CH-]N(c4ccccc41)C(C)(c1[c-]c2ccc1)[n+]1[c-]n3c2ccccc21.[Ir]. The molecule has 16 bridgehead atoms. The van der Waals surface area contributed by atoms with Crippen molar-refractivity contribution < 1.29 is 24.7 Å². The van der Waals surface area contributed by atoms with Gasteiger partial charge in [-0.3, -0.25) is 0 Å². The van der Waals surface area contributed by atoms with E-state index in [-0.39, 0.29) is 20.1 Å². The van der Waals surface area contributed by atoms with Gasteiger partial charge < -0.3 is 28.7 Å².